The number of carbonyl (C=O) groups excluding carboxylic acids is 2. The molecule has 2 amide bonds. The van der Waals surface area contributed by atoms with Crippen molar-refractivity contribution in [2.45, 2.75) is 26.7 Å². The fraction of sp³-hybridized carbons (Fsp3) is 0.417. The molecule has 0 radical (unpaired) electrons. The van der Waals surface area contributed by atoms with E-state index in [9.17, 15) is 9.59 Å². The Labute approximate surface area is 99.5 Å². The van der Waals surface area contributed by atoms with Crippen LogP contribution in [0.2, 0.25) is 0 Å². The van der Waals surface area contributed by atoms with E-state index in [2.05, 4.69) is 9.97 Å². The van der Waals surface area contributed by atoms with Crippen molar-refractivity contribution in [1.82, 2.24) is 14.9 Å². The van der Waals surface area contributed by atoms with Crippen LogP contribution in [0, 0.1) is 0 Å². The first-order chi connectivity index (χ1) is 8.11. The summed E-state index contributed by atoms with van der Waals surface area (Å²) in [5.74, 6) is 0.560. The molecule has 0 aromatic carbocycles. The molecule has 1 aromatic rings. The number of aromatic amines is 1. The molecule has 5 nitrogen and oxygen atoms in total. The van der Waals surface area contributed by atoms with Crippen LogP contribution in [0.3, 0.4) is 0 Å². The number of hydrogen-bond donors (Lipinski definition) is 1. The number of rotatable bonds is 4. The summed E-state index contributed by atoms with van der Waals surface area (Å²) in [6, 6.07) is 0. The summed E-state index contributed by atoms with van der Waals surface area (Å²) >= 11 is 0. The maximum Gasteiger partial charge on any atom is 0.256 e. The normalized spacial score (nSPS) is 16.2. The second-order valence-corrected chi connectivity index (χ2v) is 4.15. The van der Waals surface area contributed by atoms with Gasteiger partial charge in [-0.1, -0.05) is 0 Å². The predicted molar refractivity (Wildman–Crippen MR) is 62.0 cm³/mol. The van der Waals surface area contributed by atoms with Crippen molar-refractivity contribution in [1.29, 1.82) is 0 Å². The molecule has 17 heavy (non-hydrogen) atoms. The number of hydrogen-bond acceptors (Lipinski definition) is 3. The fourth-order valence-electron chi connectivity index (χ4n) is 1.86. The maximum absolute atomic E-state index is 11.7. The summed E-state index contributed by atoms with van der Waals surface area (Å²) in [7, 11) is 0. The summed E-state index contributed by atoms with van der Waals surface area (Å²) < 4.78 is 0. The lowest BCUT2D eigenvalue weighted by Gasteiger charge is -2.13. The van der Waals surface area contributed by atoms with Gasteiger partial charge in [0.25, 0.3) is 11.8 Å². The van der Waals surface area contributed by atoms with Crippen LogP contribution < -0.4 is 0 Å². The molecule has 0 atom stereocenters. The van der Waals surface area contributed by atoms with Crippen molar-refractivity contribution < 1.29 is 9.59 Å². The van der Waals surface area contributed by atoms with E-state index >= 15 is 0 Å². The van der Waals surface area contributed by atoms with E-state index in [1.165, 1.54) is 4.90 Å². The lowest BCUT2D eigenvalue weighted by molar-refractivity contribution is -0.137. The molecule has 0 bridgehead atoms. The van der Waals surface area contributed by atoms with Crippen LogP contribution in [-0.2, 0) is 16.0 Å². The van der Waals surface area contributed by atoms with Gasteiger partial charge in [0, 0.05) is 36.5 Å². The molecule has 2 heterocycles. The van der Waals surface area contributed by atoms with Gasteiger partial charge >= 0.3 is 0 Å². The highest BCUT2D eigenvalue weighted by Crippen LogP contribution is 2.19. The van der Waals surface area contributed by atoms with E-state index in [0.717, 1.165) is 18.7 Å². The monoisotopic (exact) mass is 233 g/mol. The molecule has 1 N–H and O–H groups in total. The van der Waals surface area contributed by atoms with E-state index in [1.807, 2.05) is 0 Å². The molecular weight excluding hydrogens is 218 g/mol. The number of amides is 2. The number of aromatic nitrogens is 2. The molecular formula is C12H15N3O2. The third-order valence-electron chi connectivity index (χ3n) is 3.04. The zero-order valence-corrected chi connectivity index (χ0v) is 9.99. The van der Waals surface area contributed by atoms with Gasteiger partial charge in [-0.2, -0.15) is 0 Å². The van der Waals surface area contributed by atoms with Crippen molar-refractivity contribution in [2.75, 3.05) is 6.54 Å². The van der Waals surface area contributed by atoms with Crippen molar-refractivity contribution in [3.05, 3.63) is 29.4 Å². The van der Waals surface area contributed by atoms with Crippen LogP contribution in [0.5, 0.6) is 0 Å². The van der Waals surface area contributed by atoms with Crippen LogP contribution in [-0.4, -0.2) is 33.2 Å². The number of H-pyrrole nitrogens is 1. The molecule has 90 valence electrons. The Kier molecular flexibility index (Phi) is 3.08. The smallest absolute Gasteiger partial charge is 0.256 e. The van der Waals surface area contributed by atoms with Gasteiger partial charge in [0.05, 0.1) is 0 Å². The first-order valence-corrected chi connectivity index (χ1v) is 5.63. The van der Waals surface area contributed by atoms with Gasteiger partial charge in [-0.15, -0.1) is 0 Å². The van der Waals surface area contributed by atoms with Gasteiger partial charge in [0.2, 0.25) is 0 Å². The van der Waals surface area contributed by atoms with Crippen molar-refractivity contribution in [3.8, 4) is 0 Å². The average Bonchev–Trinajstić information content (AvgIpc) is 2.89. The highest BCUT2D eigenvalue weighted by Gasteiger charge is 2.32. The van der Waals surface area contributed by atoms with E-state index in [4.69, 9.17) is 0 Å². The number of imide groups is 1. The Morgan fingerprint density at radius 2 is 1.88 bits per heavy atom. The summed E-state index contributed by atoms with van der Waals surface area (Å²) in [4.78, 5) is 31.9. The Morgan fingerprint density at radius 3 is 2.41 bits per heavy atom. The highest BCUT2D eigenvalue weighted by atomic mass is 16.2. The number of imidazole rings is 1. The standard InChI is InChI=1S/C12H15N3O2/c1-8-9(2)12(17)15(11(8)16)7-3-4-10-13-5-6-14-10/h5-6H,3-4,7H2,1-2H3,(H,13,14). The Hall–Kier alpha value is -1.91. The fourth-order valence-corrected chi connectivity index (χ4v) is 1.86. The molecule has 5 heteroatoms. The van der Waals surface area contributed by atoms with E-state index in [-0.39, 0.29) is 11.8 Å². The van der Waals surface area contributed by atoms with E-state index in [0.29, 0.717) is 17.7 Å². The van der Waals surface area contributed by atoms with Crippen LogP contribution in [0.25, 0.3) is 0 Å². The van der Waals surface area contributed by atoms with E-state index in [1.54, 1.807) is 26.2 Å². The Morgan fingerprint density at radius 1 is 1.24 bits per heavy atom. The molecule has 1 aliphatic heterocycles. The SMILES string of the molecule is CC1=C(C)C(=O)N(CCCc2ncc[nH]2)C1=O. The Bertz CT molecular complexity index is 450. The average molecular weight is 233 g/mol. The van der Waals surface area contributed by atoms with Gasteiger partial charge in [-0.25, -0.2) is 4.98 Å². The van der Waals surface area contributed by atoms with E-state index < -0.39 is 0 Å². The lowest BCUT2D eigenvalue weighted by atomic mass is 10.2. The quantitative estimate of drug-likeness (QED) is 0.790. The maximum atomic E-state index is 11.7. The van der Waals surface area contributed by atoms with Crippen LogP contribution in [0.15, 0.2) is 23.5 Å². The Balaban J connectivity index is 1.89. The number of nitrogens with zero attached hydrogens (tertiary/aromatic N) is 2. The zero-order valence-electron chi connectivity index (χ0n) is 9.99. The lowest BCUT2D eigenvalue weighted by Crippen LogP contribution is -2.32. The second kappa shape index (κ2) is 4.53. The molecule has 0 unspecified atom stereocenters. The van der Waals surface area contributed by atoms with Gasteiger partial charge in [0.15, 0.2) is 0 Å². The number of nitrogens with one attached hydrogen (secondary N) is 1. The second-order valence-electron chi connectivity index (χ2n) is 4.15. The van der Waals surface area contributed by atoms with Crippen LogP contribution in [0.1, 0.15) is 26.1 Å². The summed E-state index contributed by atoms with van der Waals surface area (Å²) in [5.41, 5.74) is 1.13. The zero-order chi connectivity index (χ0) is 12.4. The van der Waals surface area contributed by atoms with Gasteiger partial charge in [-0.3, -0.25) is 14.5 Å². The first-order valence-electron chi connectivity index (χ1n) is 5.63. The minimum atomic E-state index is -0.160. The van der Waals surface area contributed by atoms with Gasteiger partial charge < -0.3 is 4.98 Å². The summed E-state index contributed by atoms with van der Waals surface area (Å²) in [5, 5.41) is 0. The highest BCUT2D eigenvalue weighted by molar-refractivity contribution is 6.18. The largest absolute Gasteiger partial charge is 0.349 e. The van der Waals surface area contributed by atoms with Crippen LogP contribution >= 0.6 is 0 Å². The summed E-state index contributed by atoms with van der Waals surface area (Å²) in [6.45, 7) is 3.84. The minimum Gasteiger partial charge on any atom is -0.349 e. The molecule has 0 spiro atoms. The minimum absolute atomic E-state index is 0.160. The molecule has 1 aliphatic rings. The van der Waals surface area contributed by atoms with Gasteiger partial charge in [0.1, 0.15) is 5.82 Å². The molecule has 0 fully saturated rings. The number of carbonyl (C=O) groups is 2. The molecule has 2 rings (SSSR count). The first kappa shape index (κ1) is 11.6. The molecule has 1 aromatic heterocycles. The summed E-state index contributed by atoms with van der Waals surface area (Å²) in [6.07, 6.45) is 4.92. The van der Waals surface area contributed by atoms with Crippen molar-refractivity contribution >= 4 is 11.8 Å². The third-order valence-corrected chi connectivity index (χ3v) is 3.04. The molecule has 0 saturated heterocycles. The van der Waals surface area contributed by atoms with Crippen molar-refractivity contribution in [2.24, 2.45) is 0 Å². The molecule has 0 saturated carbocycles. The number of aryl methyl sites for hydroxylation is 1. The van der Waals surface area contributed by atoms with Gasteiger partial charge in [-0.05, 0) is 20.3 Å². The third kappa shape index (κ3) is 2.13. The van der Waals surface area contributed by atoms with Crippen LogP contribution in [0.4, 0.5) is 0 Å². The van der Waals surface area contributed by atoms with Crippen molar-refractivity contribution in [3.63, 3.8) is 0 Å². The predicted octanol–water partition coefficient (Wildman–Crippen LogP) is 1.05. The molecule has 0 aliphatic carbocycles. The topological polar surface area (TPSA) is 66.1 Å².